The molecular weight excluding hydrogens is 204 g/mol. The number of halogens is 1. The van der Waals surface area contributed by atoms with E-state index < -0.39 is 5.24 Å². The van der Waals surface area contributed by atoms with Crippen LogP contribution in [0.15, 0.2) is 12.1 Å². The van der Waals surface area contributed by atoms with Gasteiger partial charge in [-0.2, -0.15) is 0 Å². The van der Waals surface area contributed by atoms with Crippen LogP contribution in [0.5, 0.6) is 11.5 Å². The lowest BCUT2D eigenvalue weighted by Crippen LogP contribution is -1.98. The monoisotopic (exact) mass is 214 g/mol. The largest absolute Gasteiger partial charge is 0.493 e. The Morgan fingerprint density at radius 2 is 1.71 bits per heavy atom. The molecule has 0 radical (unpaired) electrons. The van der Waals surface area contributed by atoms with E-state index in [0.717, 1.165) is 5.56 Å². The van der Waals surface area contributed by atoms with Gasteiger partial charge in [0, 0.05) is 5.56 Å². The molecule has 0 atom stereocenters. The summed E-state index contributed by atoms with van der Waals surface area (Å²) in [4.78, 5) is 11.0. The molecule has 0 saturated carbocycles. The van der Waals surface area contributed by atoms with Crippen LogP contribution in [-0.2, 0) is 0 Å². The minimum atomic E-state index is -0.497. The minimum absolute atomic E-state index is 0.435. The van der Waals surface area contributed by atoms with Gasteiger partial charge in [0.05, 0.1) is 14.2 Å². The number of benzene rings is 1. The van der Waals surface area contributed by atoms with Crippen LogP contribution in [0.25, 0.3) is 0 Å². The summed E-state index contributed by atoms with van der Waals surface area (Å²) < 4.78 is 10.1. The second-order valence-corrected chi connectivity index (χ2v) is 3.14. The van der Waals surface area contributed by atoms with Gasteiger partial charge < -0.3 is 9.47 Å². The van der Waals surface area contributed by atoms with Crippen molar-refractivity contribution < 1.29 is 14.3 Å². The lowest BCUT2D eigenvalue weighted by molar-refractivity contribution is 0.108. The average Bonchev–Trinajstić information content (AvgIpc) is 2.16. The molecule has 0 heterocycles. The Kier molecular flexibility index (Phi) is 3.36. The van der Waals surface area contributed by atoms with E-state index in [1.54, 1.807) is 26.2 Å². The number of aryl methyl sites for hydroxylation is 1. The SMILES string of the molecule is COc1cc(C)c(C(=O)Cl)cc1OC. The van der Waals surface area contributed by atoms with Crippen molar-refractivity contribution in [3.63, 3.8) is 0 Å². The topological polar surface area (TPSA) is 35.5 Å². The third-order valence-electron chi connectivity index (χ3n) is 1.94. The normalized spacial score (nSPS) is 9.71. The van der Waals surface area contributed by atoms with Crippen molar-refractivity contribution in [3.05, 3.63) is 23.3 Å². The van der Waals surface area contributed by atoms with Crippen molar-refractivity contribution in [1.29, 1.82) is 0 Å². The first-order valence-electron chi connectivity index (χ1n) is 4.02. The number of rotatable bonds is 3. The van der Waals surface area contributed by atoms with Crippen LogP contribution in [0.2, 0.25) is 0 Å². The molecule has 0 aliphatic heterocycles. The molecule has 4 heteroatoms. The lowest BCUT2D eigenvalue weighted by atomic mass is 10.1. The summed E-state index contributed by atoms with van der Waals surface area (Å²) in [6.07, 6.45) is 0. The third kappa shape index (κ3) is 1.99. The van der Waals surface area contributed by atoms with Gasteiger partial charge in [-0.05, 0) is 36.2 Å². The van der Waals surface area contributed by atoms with E-state index in [1.807, 2.05) is 0 Å². The van der Waals surface area contributed by atoms with E-state index in [4.69, 9.17) is 21.1 Å². The number of hydrogen-bond acceptors (Lipinski definition) is 3. The van der Waals surface area contributed by atoms with Crippen LogP contribution >= 0.6 is 11.6 Å². The molecule has 3 nitrogen and oxygen atoms in total. The maximum atomic E-state index is 11.0. The zero-order chi connectivity index (χ0) is 10.7. The highest BCUT2D eigenvalue weighted by Crippen LogP contribution is 2.30. The second-order valence-electron chi connectivity index (χ2n) is 2.80. The second kappa shape index (κ2) is 4.33. The van der Waals surface area contributed by atoms with Crippen LogP contribution < -0.4 is 9.47 Å². The summed E-state index contributed by atoms with van der Waals surface area (Å²) in [5, 5.41) is -0.497. The van der Waals surface area contributed by atoms with E-state index in [1.165, 1.54) is 7.11 Å². The lowest BCUT2D eigenvalue weighted by Gasteiger charge is -2.10. The van der Waals surface area contributed by atoms with Crippen molar-refractivity contribution in [2.75, 3.05) is 14.2 Å². The van der Waals surface area contributed by atoms with Gasteiger partial charge in [0.2, 0.25) is 0 Å². The van der Waals surface area contributed by atoms with Crippen LogP contribution in [0.3, 0.4) is 0 Å². The molecule has 14 heavy (non-hydrogen) atoms. The number of methoxy groups -OCH3 is 2. The Labute approximate surface area is 87.6 Å². The Bertz CT molecular complexity index is 361. The molecule has 0 saturated heterocycles. The van der Waals surface area contributed by atoms with Crippen molar-refractivity contribution in [1.82, 2.24) is 0 Å². The van der Waals surface area contributed by atoms with Crippen molar-refractivity contribution in [3.8, 4) is 11.5 Å². The van der Waals surface area contributed by atoms with Crippen molar-refractivity contribution >= 4 is 16.8 Å². The molecule has 0 bridgehead atoms. The standard InChI is InChI=1S/C10H11ClO3/c1-6-4-8(13-2)9(14-3)5-7(6)10(11)12/h4-5H,1-3H3. The Hall–Kier alpha value is -1.22. The average molecular weight is 215 g/mol. The fourth-order valence-electron chi connectivity index (χ4n) is 1.19. The zero-order valence-electron chi connectivity index (χ0n) is 8.26. The van der Waals surface area contributed by atoms with E-state index >= 15 is 0 Å². The highest BCUT2D eigenvalue weighted by Gasteiger charge is 2.12. The van der Waals surface area contributed by atoms with Gasteiger partial charge in [-0.1, -0.05) is 0 Å². The van der Waals surface area contributed by atoms with E-state index in [0.29, 0.717) is 17.1 Å². The summed E-state index contributed by atoms with van der Waals surface area (Å²) >= 11 is 5.40. The van der Waals surface area contributed by atoms with E-state index in [9.17, 15) is 4.79 Å². The molecule has 0 aromatic heterocycles. The zero-order valence-corrected chi connectivity index (χ0v) is 9.01. The van der Waals surface area contributed by atoms with Gasteiger partial charge in [0.1, 0.15) is 0 Å². The van der Waals surface area contributed by atoms with Crippen LogP contribution in [-0.4, -0.2) is 19.5 Å². The molecule has 0 N–H and O–H groups in total. The molecule has 1 rings (SSSR count). The Balaban J connectivity index is 3.30. The molecule has 0 aliphatic rings. The van der Waals surface area contributed by atoms with Crippen molar-refractivity contribution in [2.24, 2.45) is 0 Å². The molecule has 0 amide bonds. The highest BCUT2D eigenvalue weighted by atomic mass is 35.5. The van der Waals surface area contributed by atoms with Gasteiger partial charge in [-0.3, -0.25) is 4.79 Å². The third-order valence-corrected chi connectivity index (χ3v) is 2.15. The first-order valence-corrected chi connectivity index (χ1v) is 4.40. The van der Waals surface area contributed by atoms with Gasteiger partial charge in [0.25, 0.3) is 5.24 Å². The highest BCUT2D eigenvalue weighted by molar-refractivity contribution is 6.67. The van der Waals surface area contributed by atoms with Gasteiger partial charge in [-0.15, -0.1) is 0 Å². The van der Waals surface area contributed by atoms with Gasteiger partial charge >= 0.3 is 0 Å². The predicted octanol–water partition coefficient (Wildman–Crippen LogP) is 2.39. The first kappa shape index (κ1) is 10.9. The van der Waals surface area contributed by atoms with Crippen LogP contribution in [0.4, 0.5) is 0 Å². The quantitative estimate of drug-likeness (QED) is 0.725. The summed E-state index contributed by atoms with van der Waals surface area (Å²) in [6, 6.07) is 3.29. The molecule has 76 valence electrons. The Morgan fingerprint density at radius 3 is 2.14 bits per heavy atom. The number of carbonyl (C=O) groups is 1. The number of hydrogen-bond donors (Lipinski definition) is 0. The summed E-state index contributed by atoms with van der Waals surface area (Å²) in [5.41, 5.74) is 1.20. The van der Waals surface area contributed by atoms with Crippen molar-refractivity contribution in [2.45, 2.75) is 6.92 Å². The van der Waals surface area contributed by atoms with E-state index in [-0.39, 0.29) is 0 Å². The Morgan fingerprint density at radius 1 is 1.21 bits per heavy atom. The molecule has 0 fully saturated rings. The van der Waals surface area contributed by atoms with Gasteiger partial charge in [-0.25, -0.2) is 0 Å². The molecule has 0 unspecified atom stereocenters. The fourth-order valence-corrected chi connectivity index (χ4v) is 1.40. The smallest absolute Gasteiger partial charge is 0.252 e. The summed E-state index contributed by atoms with van der Waals surface area (Å²) in [6.45, 7) is 1.79. The maximum absolute atomic E-state index is 11.0. The van der Waals surface area contributed by atoms with Gasteiger partial charge in [0.15, 0.2) is 11.5 Å². The molecular formula is C10H11ClO3. The maximum Gasteiger partial charge on any atom is 0.252 e. The first-order chi connectivity index (χ1) is 6.60. The predicted molar refractivity (Wildman–Crippen MR) is 54.5 cm³/mol. The number of carbonyl (C=O) groups excluding carboxylic acids is 1. The summed E-state index contributed by atoms with van der Waals surface area (Å²) in [5.74, 6) is 1.09. The minimum Gasteiger partial charge on any atom is -0.493 e. The fraction of sp³-hybridized carbons (Fsp3) is 0.300. The molecule has 1 aromatic carbocycles. The van der Waals surface area contributed by atoms with E-state index in [2.05, 4.69) is 0 Å². The number of ether oxygens (including phenoxy) is 2. The molecule has 1 aromatic rings. The van der Waals surface area contributed by atoms with Crippen LogP contribution in [0, 0.1) is 6.92 Å². The van der Waals surface area contributed by atoms with Crippen LogP contribution in [0.1, 0.15) is 15.9 Å². The summed E-state index contributed by atoms with van der Waals surface area (Å²) in [7, 11) is 3.05. The molecule has 0 spiro atoms. The molecule has 0 aliphatic carbocycles.